The first kappa shape index (κ1) is 14.3. The average Bonchev–Trinajstić information content (AvgIpc) is 2.21. The predicted molar refractivity (Wildman–Crippen MR) is 74.1 cm³/mol. The lowest BCUT2D eigenvalue weighted by Crippen LogP contribution is -2.31. The van der Waals surface area contributed by atoms with Crippen molar-refractivity contribution in [2.45, 2.75) is 20.3 Å². The van der Waals surface area contributed by atoms with Crippen LogP contribution in [0, 0.1) is 6.92 Å². The second kappa shape index (κ2) is 5.70. The van der Waals surface area contributed by atoms with E-state index in [1.54, 1.807) is 12.1 Å². The lowest BCUT2D eigenvalue weighted by molar-refractivity contribution is 0.586. The van der Waals surface area contributed by atoms with Crippen LogP contribution >= 0.6 is 15.9 Å². The highest BCUT2D eigenvalue weighted by Gasteiger charge is 2.13. The first-order valence-corrected chi connectivity index (χ1v) is 7.46. The third kappa shape index (κ3) is 4.18. The van der Waals surface area contributed by atoms with Gasteiger partial charge in [-0.05, 0) is 47.0 Å². The lowest BCUT2D eigenvalue weighted by Gasteiger charge is -2.13. The highest BCUT2D eigenvalue weighted by molar-refractivity contribution is 9.10. The van der Waals surface area contributed by atoms with Crippen molar-refractivity contribution in [3.05, 3.63) is 22.2 Å². The van der Waals surface area contributed by atoms with Gasteiger partial charge < -0.3 is 5.73 Å². The van der Waals surface area contributed by atoms with Crippen molar-refractivity contribution in [3.63, 3.8) is 0 Å². The van der Waals surface area contributed by atoms with Crippen molar-refractivity contribution in [3.8, 4) is 0 Å². The summed E-state index contributed by atoms with van der Waals surface area (Å²) in [7, 11) is -3.56. The van der Waals surface area contributed by atoms with Crippen LogP contribution in [0.3, 0.4) is 0 Å². The molecule has 0 amide bonds. The Morgan fingerprint density at radius 1 is 1.41 bits per heavy atom. The second-order valence-electron chi connectivity index (χ2n) is 3.71. The molecule has 0 aliphatic rings. The van der Waals surface area contributed by atoms with Crippen LogP contribution in [0.4, 0.5) is 11.4 Å². The monoisotopic (exact) mass is 321 g/mol. The maximum atomic E-state index is 11.6. The Kier molecular flexibility index (Phi) is 4.79. The van der Waals surface area contributed by atoms with E-state index in [-0.39, 0.29) is 0 Å². The van der Waals surface area contributed by atoms with E-state index >= 15 is 0 Å². The molecule has 0 heterocycles. The van der Waals surface area contributed by atoms with Crippen molar-refractivity contribution in [2.24, 2.45) is 0 Å². The van der Waals surface area contributed by atoms with E-state index in [0.717, 1.165) is 12.0 Å². The summed E-state index contributed by atoms with van der Waals surface area (Å²) in [4.78, 5) is 0. The van der Waals surface area contributed by atoms with Crippen LogP contribution in [0.2, 0.25) is 0 Å². The Labute approximate surface area is 110 Å². The molecule has 1 aromatic carbocycles. The zero-order valence-corrected chi connectivity index (χ0v) is 12.2. The highest BCUT2D eigenvalue weighted by atomic mass is 79.9. The fourth-order valence-electron chi connectivity index (χ4n) is 1.28. The number of nitrogen functional groups attached to an aromatic ring is 1. The molecule has 17 heavy (non-hydrogen) atoms. The Hall–Kier alpha value is -0.790. The number of benzene rings is 1. The van der Waals surface area contributed by atoms with Gasteiger partial charge in [0.05, 0.1) is 11.4 Å². The molecule has 1 rings (SSSR count). The standard InChI is InChI=1S/C10H16BrN3O2S/c1-3-4-13-17(15,16)14-10-8(11)5-7(2)6-9(10)12/h5-6,13-14H,3-4,12H2,1-2H3. The van der Waals surface area contributed by atoms with Gasteiger partial charge in [0.15, 0.2) is 0 Å². The minimum Gasteiger partial charge on any atom is -0.397 e. The van der Waals surface area contributed by atoms with E-state index in [1.807, 2.05) is 13.8 Å². The van der Waals surface area contributed by atoms with Gasteiger partial charge in [-0.25, -0.2) is 0 Å². The summed E-state index contributed by atoms with van der Waals surface area (Å²) in [5.74, 6) is 0. The fraction of sp³-hybridized carbons (Fsp3) is 0.400. The molecule has 0 saturated carbocycles. The van der Waals surface area contributed by atoms with E-state index in [4.69, 9.17) is 5.73 Å². The summed E-state index contributed by atoms with van der Waals surface area (Å²) in [5.41, 5.74) is 7.48. The molecule has 0 aliphatic heterocycles. The largest absolute Gasteiger partial charge is 0.397 e. The molecule has 5 nitrogen and oxygen atoms in total. The summed E-state index contributed by atoms with van der Waals surface area (Å²) in [5, 5.41) is 0. The summed E-state index contributed by atoms with van der Waals surface area (Å²) in [6.07, 6.45) is 0.728. The maximum absolute atomic E-state index is 11.6. The first-order valence-electron chi connectivity index (χ1n) is 5.18. The molecule has 0 fully saturated rings. The molecule has 0 bridgehead atoms. The van der Waals surface area contributed by atoms with E-state index in [9.17, 15) is 8.42 Å². The number of hydrogen-bond donors (Lipinski definition) is 3. The quantitative estimate of drug-likeness (QED) is 0.725. The van der Waals surface area contributed by atoms with Crippen LogP contribution in [-0.2, 0) is 10.2 Å². The predicted octanol–water partition coefficient (Wildman–Crippen LogP) is 2.00. The number of nitrogens with one attached hydrogen (secondary N) is 2. The molecule has 0 atom stereocenters. The Morgan fingerprint density at radius 3 is 2.59 bits per heavy atom. The van der Waals surface area contributed by atoms with Crippen LogP contribution in [0.15, 0.2) is 16.6 Å². The smallest absolute Gasteiger partial charge is 0.299 e. The van der Waals surface area contributed by atoms with Gasteiger partial charge in [0.1, 0.15) is 0 Å². The van der Waals surface area contributed by atoms with E-state index in [2.05, 4.69) is 25.4 Å². The van der Waals surface area contributed by atoms with E-state index < -0.39 is 10.2 Å². The molecule has 7 heteroatoms. The van der Waals surface area contributed by atoms with Gasteiger partial charge in [-0.3, -0.25) is 4.72 Å². The van der Waals surface area contributed by atoms with Crippen molar-refractivity contribution in [2.75, 3.05) is 17.0 Å². The topological polar surface area (TPSA) is 84.2 Å². The van der Waals surface area contributed by atoms with Crippen LogP contribution < -0.4 is 15.2 Å². The van der Waals surface area contributed by atoms with Crippen LogP contribution in [0.25, 0.3) is 0 Å². The van der Waals surface area contributed by atoms with Crippen molar-refractivity contribution in [1.29, 1.82) is 0 Å². The summed E-state index contributed by atoms with van der Waals surface area (Å²) >= 11 is 3.28. The van der Waals surface area contributed by atoms with Gasteiger partial charge in [-0.1, -0.05) is 6.92 Å². The molecule has 0 unspecified atom stereocenters. The van der Waals surface area contributed by atoms with Crippen molar-refractivity contribution >= 4 is 37.5 Å². The Balaban J connectivity index is 2.96. The molecule has 0 spiro atoms. The summed E-state index contributed by atoms with van der Waals surface area (Å²) < 4.78 is 28.7. The molecular weight excluding hydrogens is 306 g/mol. The molecule has 0 saturated heterocycles. The normalized spacial score (nSPS) is 11.5. The van der Waals surface area contributed by atoms with E-state index in [1.165, 1.54) is 0 Å². The minimum atomic E-state index is -3.56. The third-order valence-corrected chi connectivity index (χ3v) is 3.73. The maximum Gasteiger partial charge on any atom is 0.299 e. The number of anilines is 2. The SMILES string of the molecule is CCCNS(=O)(=O)Nc1c(N)cc(C)cc1Br. The molecule has 4 N–H and O–H groups in total. The number of hydrogen-bond acceptors (Lipinski definition) is 3. The molecule has 0 aromatic heterocycles. The van der Waals surface area contributed by atoms with Gasteiger partial charge in [0.25, 0.3) is 10.2 Å². The van der Waals surface area contributed by atoms with Gasteiger partial charge >= 0.3 is 0 Å². The van der Waals surface area contributed by atoms with Crippen LogP contribution in [0.1, 0.15) is 18.9 Å². The number of rotatable bonds is 5. The molecule has 1 aromatic rings. The van der Waals surface area contributed by atoms with Crippen molar-refractivity contribution in [1.82, 2.24) is 4.72 Å². The second-order valence-corrected chi connectivity index (χ2v) is 6.06. The highest BCUT2D eigenvalue weighted by Crippen LogP contribution is 2.30. The van der Waals surface area contributed by atoms with Crippen LogP contribution in [0.5, 0.6) is 0 Å². The zero-order chi connectivity index (χ0) is 13.1. The van der Waals surface area contributed by atoms with Crippen LogP contribution in [-0.4, -0.2) is 15.0 Å². The molecular formula is C10H16BrN3O2S. The Morgan fingerprint density at radius 2 is 2.06 bits per heavy atom. The zero-order valence-electron chi connectivity index (χ0n) is 9.75. The van der Waals surface area contributed by atoms with Gasteiger partial charge in [0, 0.05) is 11.0 Å². The molecule has 0 aliphatic carbocycles. The first-order chi connectivity index (χ1) is 7.85. The van der Waals surface area contributed by atoms with E-state index in [0.29, 0.717) is 22.4 Å². The third-order valence-electron chi connectivity index (χ3n) is 2.04. The van der Waals surface area contributed by atoms with Gasteiger partial charge in [-0.15, -0.1) is 0 Å². The molecule has 0 radical (unpaired) electrons. The molecule has 96 valence electrons. The Bertz CT molecular complexity index is 479. The number of aryl methyl sites for hydroxylation is 1. The minimum absolute atomic E-state index is 0.360. The summed E-state index contributed by atoms with van der Waals surface area (Å²) in [6.45, 7) is 4.16. The number of nitrogens with two attached hydrogens (primary N) is 1. The summed E-state index contributed by atoms with van der Waals surface area (Å²) in [6, 6.07) is 3.51. The average molecular weight is 322 g/mol. The van der Waals surface area contributed by atoms with Crippen molar-refractivity contribution < 1.29 is 8.42 Å². The lowest BCUT2D eigenvalue weighted by atomic mass is 10.2. The number of halogens is 1. The fourth-order valence-corrected chi connectivity index (χ4v) is 3.15. The van der Waals surface area contributed by atoms with Gasteiger partial charge in [0.2, 0.25) is 0 Å². The van der Waals surface area contributed by atoms with Gasteiger partial charge in [-0.2, -0.15) is 13.1 Å².